The fraction of sp³-hybridized carbons (Fsp3) is 0.333. The maximum atomic E-state index is 10.7. The highest BCUT2D eigenvalue weighted by atomic mass is 16.1. The molecule has 2 aliphatic heterocycles. The Balaban J connectivity index is 1.72. The molecular weight excluding hydrogens is 230 g/mol. The van der Waals surface area contributed by atoms with Gasteiger partial charge in [-0.1, -0.05) is 18.2 Å². The van der Waals surface area contributed by atoms with Crippen molar-refractivity contribution in [3.63, 3.8) is 0 Å². The van der Waals surface area contributed by atoms with Crippen LogP contribution >= 0.6 is 0 Å². The minimum atomic E-state index is 0.330. The fourth-order valence-electron chi connectivity index (χ4n) is 2.46. The summed E-state index contributed by atoms with van der Waals surface area (Å²) >= 11 is 0. The number of hydrazine groups is 1. The summed E-state index contributed by atoms with van der Waals surface area (Å²) in [5.74, 6) is 6.18. The Morgan fingerprint density at radius 2 is 2.11 bits per heavy atom. The SMILES string of the molecule is NNC(=Nc1ccccc1)N1CC2C1CN2C=O. The molecule has 94 valence electrons. The highest BCUT2D eigenvalue weighted by molar-refractivity contribution is 5.84. The predicted molar refractivity (Wildman–Crippen MR) is 67.9 cm³/mol. The number of carbonyl (C=O) groups excluding carboxylic acids is 1. The first-order chi connectivity index (χ1) is 8.83. The molecule has 0 aromatic heterocycles. The molecule has 2 aliphatic rings. The van der Waals surface area contributed by atoms with E-state index in [4.69, 9.17) is 5.84 Å². The Kier molecular flexibility index (Phi) is 2.64. The van der Waals surface area contributed by atoms with Crippen LogP contribution in [0.4, 0.5) is 5.69 Å². The van der Waals surface area contributed by atoms with E-state index in [0.29, 0.717) is 18.0 Å². The summed E-state index contributed by atoms with van der Waals surface area (Å²) in [6.45, 7) is 1.54. The summed E-state index contributed by atoms with van der Waals surface area (Å²) in [6.07, 6.45) is 0.905. The Morgan fingerprint density at radius 1 is 1.33 bits per heavy atom. The molecule has 0 radical (unpaired) electrons. The van der Waals surface area contributed by atoms with E-state index in [1.807, 2.05) is 30.3 Å². The number of nitrogens with one attached hydrogen (secondary N) is 1. The largest absolute Gasteiger partial charge is 0.336 e. The van der Waals surface area contributed by atoms with Gasteiger partial charge in [0.25, 0.3) is 0 Å². The fourth-order valence-corrected chi connectivity index (χ4v) is 2.46. The van der Waals surface area contributed by atoms with Crippen molar-refractivity contribution in [1.29, 1.82) is 0 Å². The van der Waals surface area contributed by atoms with Gasteiger partial charge in [0.15, 0.2) is 0 Å². The summed E-state index contributed by atoms with van der Waals surface area (Å²) < 4.78 is 0. The number of rotatable bonds is 2. The molecule has 0 bridgehead atoms. The highest BCUT2D eigenvalue weighted by Gasteiger charge is 2.52. The van der Waals surface area contributed by atoms with Crippen LogP contribution in [0.3, 0.4) is 0 Å². The van der Waals surface area contributed by atoms with Gasteiger partial charge in [-0.05, 0) is 12.1 Å². The van der Waals surface area contributed by atoms with Gasteiger partial charge in [0.2, 0.25) is 12.4 Å². The van der Waals surface area contributed by atoms with Gasteiger partial charge in [0.1, 0.15) is 0 Å². The molecule has 3 rings (SSSR count). The van der Waals surface area contributed by atoms with Crippen molar-refractivity contribution in [2.45, 2.75) is 12.1 Å². The van der Waals surface area contributed by atoms with Gasteiger partial charge in [0.05, 0.1) is 17.8 Å². The Bertz CT molecular complexity index is 475. The third kappa shape index (κ3) is 1.62. The number of piperazine rings is 1. The van der Waals surface area contributed by atoms with Gasteiger partial charge in [-0.2, -0.15) is 0 Å². The third-order valence-electron chi connectivity index (χ3n) is 3.58. The molecule has 0 aliphatic carbocycles. The maximum absolute atomic E-state index is 10.7. The number of benzene rings is 1. The van der Waals surface area contributed by atoms with Crippen LogP contribution in [-0.2, 0) is 4.79 Å². The zero-order chi connectivity index (χ0) is 12.5. The summed E-state index contributed by atoms with van der Waals surface area (Å²) in [5, 5.41) is 0. The van der Waals surface area contributed by atoms with Gasteiger partial charge in [0, 0.05) is 13.1 Å². The van der Waals surface area contributed by atoms with Crippen LogP contribution in [0.25, 0.3) is 0 Å². The van der Waals surface area contributed by atoms with Crippen molar-refractivity contribution < 1.29 is 4.79 Å². The van der Waals surface area contributed by atoms with Crippen molar-refractivity contribution in [2.75, 3.05) is 13.1 Å². The summed E-state index contributed by atoms with van der Waals surface area (Å²) in [6, 6.07) is 10.3. The molecule has 3 N–H and O–H groups in total. The molecule has 1 amide bonds. The van der Waals surface area contributed by atoms with E-state index in [2.05, 4.69) is 15.3 Å². The van der Waals surface area contributed by atoms with Crippen LogP contribution in [0.2, 0.25) is 0 Å². The summed E-state index contributed by atoms with van der Waals surface area (Å²) in [4.78, 5) is 19.0. The van der Waals surface area contributed by atoms with Crippen molar-refractivity contribution >= 4 is 18.1 Å². The molecule has 18 heavy (non-hydrogen) atoms. The summed E-state index contributed by atoms with van der Waals surface area (Å²) in [7, 11) is 0. The van der Waals surface area contributed by atoms with E-state index in [9.17, 15) is 4.79 Å². The molecule has 0 spiro atoms. The maximum Gasteiger partial charge on any atom is 0.214 e. The molecule has 2 saturated heterocycles. The van der Waals surface area contributed by atoms with E-state index in [1.54, 1.807) is 4.90 Å². The quantitative estimate of drug-likeness (QED) is 0.246. The zero-order valence-electron chi connectivity index (χ0n) is 9.86. The number of amides is 1. The zero-order valence-corrected chi connectivity index (χ0v) is 9.86. The minimum absolute atomic E-state index is 0.330. The van der Waals surface area contributed by atoms with Crippen molar-refractivity contribution in [3.05, 3.63) is 30.3 Å². The number of fused-ring (bicyclic) bond motifs is 1. The summed E-state index contributed by atoms with van der Waals surface area (Å²) in [5.41, 5.74) is 3.50. The number of nitrogens with zero attached hydrogens (tertiary/aromatic N) is 3. The van der Waals surface area contributed by atoms with Crippen LogP contribution in [0.1, 0.15) is 0 Å². The van der Waals surface area contributed by atoms with Crippen LogP contribution in [0, 0.1) is 0 Å². The van der Waals surface area contributed by atoms with E-state index in [-0.39, 0.29) is 0 Å². The lowest BCUT2D eigenvalue weighted by Crippen LogP contribution is -2.80. The Hall–Kier alpha value is -2.08. The van der Waals surface area contributed by atoms with E-state index in [1.165, 1.54) is 0 Å². The molecular formula is C12H15N5O. The normalized spacial score (nSPS) is 25.9. The van der Waals surface area contributed by atoms with Crippen LogP contribution in [0.5, 0.6) is 0 Å². The standard InChI is InChI=1S/C12H15N5O/c13-15-12(14-9-4-2-1-3-5-9)17-7-10-11(17)6-16(10)8-18/h1-5,8,10-11H,6-7,13H2,(H,14,15). The third-order valence-corrected chi connectivity index (χ3v) is 3.58. The molecule has 1 aromatic rings. The Morgan fingerprint density at radius 3 is 2.67 bits per heavy atom. The van der Waals surface area contributed by atoms with Crippen molar-refractivity contribution in [3.8, 4) is 0 Å². The van der Waals surface area contributed by atoms with E-state index >= 15 is 0 Å². The van der Waals surface area contributed by atoms with Crippen molar-refractivity contribution in [1.82, 2.24) is 15.2 Å². The molecule has 2 atom stereocenters. The molecule has 2 unspecified atom stereocenters. The highest BCUT2D eigenvalue weighted by Crippen LogP contribution is 2.32. The van der Waals surface area contributed by atoms with Crippen LogP contribution in [0.15, 0.2) is 35.3 Å². The number of hydrogen-bond donors (Lipinski definition) is 2. The molecule has 0 saturated carbocycles. The molecule has 2 heterocycles. The first-order valence-electron chi connectivity index (χ1n) is 5.91. The molecule has 2 fully saturated rings. The first-order valence-corrected chi connectivity index (χ1v) is 5.91. The number of nitrogens with two attached hydrogens (primary N) is 1. The predicted octanol–water partition coefficient (Wildman–Crippen LogP) is -0.338. The van der Waals surface area contributed by atoms with Crippen LogP contribution < -0.4 is 11.3 Å². The monoisotopic (exact) mass is 245 g/mol. The number of aliphatic imine (C=N–C) groups is 1. The average molecular weight is 245 g/mol. The smallest absolute Gasteiger partial charge is 0.214 e. The van der Waals surface area contributed by atoms with Gasteiger partial charge < -0.3 is 9.80 Å². The molecule has 6 nitrogen and oxygen atoms in total. The van der Waals surface area contributed by atoms with Crippen molar-refractivity contribution in [2.24, 2.45) is 10.8 Å². The van der Waals surface area contributed by atoms with Gasteiger partial charge in [-0.3, -0.25) is 10.2 Å². The second-order valence-electron chi connectivity index (χ2n) is 4.50. The number of guanidine groups is 1. The lowest BCUT2D eigenvalue weighted by atomic mass is 9.86. The first kappa shape index (κ1) is 11.0. The van der Waals surface area contributed by atoms with Crippen LogP contribution in [-0.4, -0.2) is 47.3 Å². The number of para-hydroxylation sites is 1. The van der Waals surface area contributed by atoms with Gasteiger partial charge >= 0.3 is 0 Å². The average Bonchev–Trinajstić information content (AvgIpc) is 2.40. The lowest BCUT2D eigenvalue weighted by Gasteiger charge is -2.61. The topological polar surface area (TPSA) is 74.0 Å². The lowest BCUT2D eigenvalue weighted by molar-refractivity contribution is -0.142. The van der Waals surface area contributed by atoms with E-state index < -0.39 is 0 Å². The minimum Gasteiger partial charge on any atom is -0.336 e. The molecule has 6 heteroatoms. The second kappa shape index (κ2) is 4.30. The number of carbonyl (C=O) groups is 1. The van der Waals surface area contributed by atoms with Gasteiger partial charge in [-0.15, -0.1) is 0 Å². The van der Waals surface area contributed by atoms with E-state index in [0.717, 1.165) is 25.2 Å². The Labute approximate surface area is 105 Å². The second-order valence-corrected chi connectivity index (χ2v) is 4.50. The number of hydrogen-bond acceptors (Lipinski definition) is 3. The van der Waals surface area contributed by atoms with Gasteiger partial charge in [-0.25, -0.2) is 10.8 Å². The molecule has 1 aromatic carbocycles. The number of likely N-dealkylation sites (tertiary alicyclic amines) is 2.